The van der Waals surface area contributed by atoms with Crippen LogP contribution in [-0.2, 0) is 9.47 Å². The van der Waals surface area contributed by atoms with E-state index in [2.05, 4.69) is 35.3 Å². The molecular formula is C31H27N3O4. The van der Waals surface area contributed by atoms with Crippen LogP contribution in [0.15, 0.2) is 73.3 Å². The van der Waals surface area contributed by atoms with Crippen molar-refractivity contribution >= 4 is 33.4 Å². The number of fused-ring (bicyclic) bond motifs is 2. The fourth-order valence-corrected chi connectivity index (χ4v) is 5.28. The summed E-state index contributed by atoms with van der Waals surface area (Å²) in [7, 11) is 1.34. The number of methoxy groups -OCH3 is 1. The van der Waals surface area contributed by atoms with Crippen molar-refractivity contribution in [3.8, 4) is 22.4 Å². The fourth-order valence-electron chi connectivity index (χ4n) is 5.28. The van der Waals surface area contributed by atoms with Crippen molar-refractivity contribution in [2.24, 2.45) is 0 Å². The lowest BCUT2D eigenvalue weighted by molar-refractivity contribution is 0.0594. The first-order valence-electron chi connectivity index (χ1n) is 12.7. The highest BCUT2D eigenvalue weighted by atomic mass is 16.5. The molecular weight excluding hydrogens is 478 g/mol. The molecule has 4 heterocycles. The number of aromatic nitrogens is 3. The Morgan fingerprint density at radius 3 is 2.50 bits per heavy atom. The van der Waals surface area contributed by atoms with Crippen LogP contribution in [0.1, 0.15) is 46.5 Å². The molecule has 0 N–H and O–H groups in total. The van der Waals surface area contributed by atoms with Crippen molar-refractivity contribution in [3.63, 3.8) is 0 Å². The van der Waals surface area contributed by atoms with Gasteiger partial charge in [0.25, 0.3) is 0 Å². The van der Waals surface area contributed by atoms with E-state index in [9.17, 15) is 9.59 Å². The van der Waals surface area contributed by atoms with Crippen LogP contribution in [0.4, 0.5) is 0 Å². The van der Waals surface area contributed by atoms with Gasteiger partial charge >= 0.3 is 5.97 Å². The SMILES string of the molecule is COC(=O)c1ccc(-c2cc3cccc(-c4cc(C5CCOCC5)cc5cn(C(C)=O)cc45)c3cn2)cn1. The number of carbonyl (C=O) groups excluding carboxylic acids is 2. The second-order valence-corrected chi connectivity index (χ2v) is 9.66. The molecule has 0 radical (unpaired) electrons. The monoisotopic (exact) mass is 505 g/mol. The van der Waals surface area contributed by atoms with Crippen molar-refractivity contribution in [2.75, 3.05) is 20.3 Å². The molecule has 0 bridgehead atoms. The van der Waals surface area contributed by atoms with Gasteiger partial charge in [0, 0.05) is 66.6 Å². The Balaban J connectivity index is 1.48. The predicted octanol–water partition coefficient (Wildman–Crippen LogP) is 6.26. The quantitative estimate of drug-likeness (QED) is 0.268. The van der Waals surface area contributed by atoms with Crippen molar-refractivity contribution in [1.29, 1.82) is 0 Å². The minimum atomic E-state index is -0.472. The minimum absolute atomic E-state index is 0.0178. The largest absolute Gasteiger partial charge is 0.464 e. The minimum Gasteiger partial charge on any atom is -0.464 e. The maximum Gasteiger partial charge on any atom is 0.356 e. The van der Waals surface area contributed by atoms with Crippen LogP contribution >= 0.6 is 0 Å². The van der Waals surface area contributed by atoms with Crippen molar-refractivity contribution in [2.45, 2.75) is 25.7 Å². The number of esters is 1. The van der Waals surface area contributed by atoms with E-state index < -0.39 is 5.97 Å². The molecule has 0 spiro atoms. The zero-order valence-corrected chi connectivity index (χ0v) is 21.3. The van der Waals surface area contributed by atoms with Crippen LogP contribution in [0.3, 0.4) is 0 Å². The van der Waals surface area contributed by atoms with Gasteiger partial charge in [-0.15, -0.1) is 0 Å². The topological polar surface area (TPSA) is 83.3 Å². The zero-order chi connectivity index (χ0) is 26.2. The third kappa shape index (κ3) is 4.35. The van der Waals surface area contributed by atoms with Gasteiger partial charge in [-0.25, -0.2) is 9.78 Å². The van der Waals surface area contributed by atoms with Gasteiger partial charge in [0.05, 0.1) is 12.8 Å². The number of ether oxygens (including phenoxy) is 2. The molecule has 6 rings (SSSR count). The van der Waals surface area contributed by atoms with E-state index >= 15 is 0 Å². The summed E-state index contributed by atoms with van der Waals surface area (Å²) >= 11 is 0. The Bertz CT molecular complexity index is 1680. The maximum absolute atomic E-state index is 12.2. The van der Waals surface area contributed by atoms with Gasteiger partial charge in [-0.2, -0.15) is 0 Å². The molecule has 0 unspecified atom stereocenters. The maximum atomic E-state index is 12.2. The van der Waals surface area contributed by atoms with E-state index in [-0.39, 0.29) is 11.6 Å². The lowest BCUT2D eigenvalue weighted by Crippen LogP contribution is -2.14. The lowest BCUT2D eigenvalue weighted by Gasteiger charge is -2.23. The number of carbonyl (C=O) groups is 2. The van der Waals surface area contributed by atoms with Crippen LogP contribution < -0.4 is 0 Å². The predicted molar refractivity (Wildman–Crippen MR) is 146 cm³/mol. The van der Waals surface area contributed by atoms with Crippen LogP contribution in [0.2, 0.25) is 0 Å². The summed E-state index contributed by atoms with van der Waals surface area (Å²) < 4.78 is 12.0. The number of hydrogen-bond acceptors (Lipinski definition) is 6. The molecule has 1 aliphatic rings. The Morgan fingerprint density at radius 2 is 1.76 bits per heavy atom. The van der Waals surface area contributed by atoms with E-state index in [4.69, 9.17) is 14.5 Å². The third-order valence-electron chi connectivity index (χ3n) is 7.35. The number of nitrogens with zero attached hydrogens (tertiary/aromatic N) is 3. The second-order valence-electron chi connectivity index (χ2n) is 9.66. The highest BCUT2D eigenvalue weighted by Gasteiger charge is 2.20. The summed E-state index contributed by atoms with van der Waals surface area (Å²) in [5.41, 5.74) is 5.27. The molecule has 190 valence electrons. The summed E-state index contributed by atoms with van der Waals surface area (Å²) in [6, 6.07) is 16.2. The number of rotatable bonds is 4. The summed E-state index contributed by atoms with van der Waals surface area (Å²) in [4.78, 5) is 32.9. The molecule has 0 atom stereocenters. The molecule has 38 heavy (non-hydrogen) atoms. The van der Waals surface area contributed by atoms with Gasteiger partial charge in [-0.05, 0) is 65.1 Å². The van der Waals surface area contributed by atoms with Gasteiger partial charge in [0.15, 0.2) is 0 Å². The van der Waals surface area contributed by atoms with E-state index in [1.807, 2.05) is 30.7 Å². The Labute approximate surface area is 220 Å². The summed E-state index contributed by atoms with van der Waals surface area (Å²) in [6.45, 7) is 3.11. The Hall–Kier alpha value is -4.36. The van der Waals surface area contributed by atoms with E-state index in [1.165, 1.54) is 12.7 Å². The van der Waals surface area contributed by atoms with Gasteiger partial charge < -0.3 is 9.47 Å². The number of benzene rings is 2. The molecule has 7 heteroatoms. The van der Waals surface area contributed by atoms with Crippen molar-refractivity contribution in [3.05, 3.63) is 84.6 Å². The first kappa shape index (κ1) is 24.0. The highest BCUT2D eigenvalue weighted by Crippen LogP contribution is 2.39. The molecule has 0 aliphatic carbocycles. The van der Waals surface area contributed by atoms with Crippen LogP contribution in [0.25, 0.3) is 43.9 Å². The van der Waals surface area contributed by atoms with Gasteiger partial charge in [0.1, 0.15) is 5.69 Å². The van der Waals surface area contributed by atoms with Crippen LogP contribution in [0.5, 0.6) is 0 Å². The van der Waals surface area contributed by atoms with Gasteiger partial charge in [-0.3, -0.25) is 14.3 Å². The molecule has 7 nitrogen and oxygen atoms in total. The average Bonchev–Trinajstić information content (AvgIpc) is 3.41. The van der Waals surface area contributed by atoms with Crippen LogP contribution in [0, 0.1) is 0 Å². The van der Waals surface area contributed by atoms with E-state index in [1.54, 1.807) is 23.8 Å². The fraction of sp³-hybridized carbons (Fsp3) is 0.226. The molecule has 5 aromatic rings. The van der Waals surface area contributed by atoms with Gasteiger partial charge in [-0.1, -0.05) is 24.3 Å². The van der Waals surface area contributed by atoms with Crippen molar-refractivity contribution < 1.29 is 19.1 Å². The Morgan fingerprint density at radius 1 is 0.921 bits per heavy atom. The molecule has 1 fully saturated rings. The van der Waals surface area contributed by atoms with Crippen molar-refractivity contribution in [1.82, 2.24) is 14.5 Å². The Kier molecular flexibility index (Phi) is 6.21. The normalized spacial score (nSPS) is 14.2. The smallest absolute Gasteiger partial charge is 0.356 e. The highest BCUT2D eigenvalue weighted by molar-refractivity contribution is 6.07. The first-order valence-corrected chi connectivity index (χ1v) is 12.7. The van der Waals surface area contributed by atoms with E-state index in [0.29, 0.717) is 5.92 Å². The number of hydrogen-bond donors (Lipinski definition) is 0. The third-order valence-corrected chi connectivity index (χ3v) is 7.35. The summed E-state index contributed by atoms with van der Waals surface area (Å²) in [5.74, 6) is -0.0656. The molecule has 1 aliphatic heterocycles. The zero-order valence-electron chi connectivity index (χ0n) is 21.3. The first-order chi connectivity index (χ1) is 18.5. The molecule has 0 amide bonds. The number of pyridine rings is 2. The average molecular weight is 506 g/mol. The summed E-state index contributed by atoms with van der Waals surface area (Å²) in [5, 5.41) is 4.16. The van der Waals surface area contributed by atoms with Crippen LogP contribution in [-0.4, -0.2) is 46.7 Å². The summed E-state index contributed by atoms with van der Waals surface area (Å²) in [6.07, 6.45) is 9.36. The van der Waals surface area contributed by atoms with E-state index in [0.717, 1.165) is 70.0 Å². The molecule has 2 aromatic carbocycles. The van der Waals surface area contributed by atoms with Gasteiger partial charge in [0.2, 0.25) is 5.91 Å². The lowest BCUT2D eigenvalue weighted by atomic mass is 9.87. The second kappa shape index (κ2) is 9.84. The molecule has 0 saturated carbocycles. The molecule has 3 aromatic heterocycles. The standard InChI is InChI=1S/C31H27N3O4/c1-19(35)34-17-24-12-23(20-8-10-38-11-9-20)13-26(28(24)18-34)25-5-3-4-21-14-30(33-16-27(21)25)22-6-7-29(32-15-22)31(36)37-2/h3-7,12-18,20H,8-11H2,1-2H3. The molecule has 1 saturated heterocycles.